The van der Waals surface area contributed by atoms with Gasteiger partial charge in [-0.25, -0.2) is 0 Å². The minimum atomic E-state index is 0.636. The fourth-order valence-electron chi connectivity index (χ4n) is 3.05. The molecular formula is C20H32N2O. The van der Waals surface area contributed by atoms with Crippen LogP contribution in [0.4, 0.5) is 0 Å². The number of ether oxygens (including phenoxy) is 1. The van der Waals surface area contributed by atoms with Crippen LogP contribution in [0.15, 0.2) is 18.2 Å². The Morgan fingerprint density at radius 2 is 1.96 bits per heavy atom. The second kappa shape index (κ2) is 8.39. The summed E-state index contributed by atoms with van der Waals surface area (Å²) in [5.74, 6) is 1.62. The van der Waals surface area contributed by atoms with Crippen molar-refractivity contribution in [3.8, 4) is 5.75 Å². The average Bonchev–Trinajstić information content (AvgIpc) is 2.78. The van der Waals surface area contributed by atoms with E-state index in [-0.39, 0.29) is 0 Å². The third-order valence-corrected chi connectivity index (χ3v) is 4.17. The van der Waals surface area contributed by atoms with Crippen molar-refractivity contribution < 1.29 is 4.74 Å². The zero-order valence-corrected chi connectivity index (χ0v) is 15.4. The fraction of sp³-hybridized carbons (Fsp3) is 0.600. The van der Waals surface area contributed by atoms with Crippen LogP contribution in [-0.2, 0) is 13.1 Å². The van der Waals surface area contributed by atoms with Crippen molar-refractivity contribution in [1.29, 1.82) is 0 Å². The van der Waals surface area contributed by atoms with Gasteiger partial charge in [-0.15, -0.1) is 0 Å². The number of nitrogens with zero attached hydrogens (tertiary/aromatic N) is 1. The zero-order chi connectivity index (χ0) is 16.8. The molecular weight excluding hydrogens is 284 g/mol. The van der Waals surface area contributed by atoms with Gasteiger partial charge in [-0.2, -0.15) is 0 Å². The Balaban J connectivity index is 2.43. The lowest BCUT2D eigenvalue weighted by atomic mass is 10.1. The molecule has 0 aliphatic rings. The molecule has 0 amide bonds. The number of aromatic nitrogens is 1. The SMILES string of the molecule is CCCNCc1c(C)n(CC(C)C)c2ccc(OCCC)cc12. The van der Waals surface area contributed by atoms with Crippen molar-refractivity contribution in [3.63, 3.8) is 0 Å². The molecule has 0 bridgehead atoms. The fourth-order valence-corrected chi connectivity index (χ4v) is 3.05. The molecule has 128 valence electrons. The van der Waals surface area contributed by atoms with Crippen molar-refractivity contribution in [2.24, 2.45) is 5.92 Å². The zero-order valence-electron chi connectivity index (χ0n) is 15.4. The molecule has 0 aliphatic heterocycles. The number of fused-ring (bicyclic) bond motifs is 1. The summed E-state index contributed by atoms with van der Waals surface area (Å²) in [6, 6.07) is 6.55. The Morgan fingerprint density at radius 1 is 1.17 bits per heavy atom. The average molecular weight is 316 g/mol. The number of benzene rings is 1. The van der Waals surface area contributed by atoms with Gasteiger partial charge in [0.05, 0.1) is 6.61 Å². The van der Waals surface area contributed by atoms with E-state index in [1.807, 2.05) is 0 Å². The molecule has 1 aromatic carbocycles. The van der Waals surface area contributed by atoms with E-state index in [2.05, 4.69) is 62.7 Å². The van der Waals surface area contributed by atoms with Gasteiger partial charge in [0.25, 0.3) is 0 Å². The summed E-state index contributed by atoms with van der Waals surface area (Å²) >= 11 is 0. The van der Waals surface area contributed by atoms with Gasteiger partial charge in [0.2, 0.25) is 0 Å². The van der Waals surface area contributed by atoms with Crippen molar-refractivity contribution in [1.82, 2.24) is 9.88 Å². The molecule has 0 unspecified atom stereocenters. The second-order valence-electron chi connectivity index (χ2n) is 6.77. The van der Waals surface area contributed by atoms with Gasteiger partial charge in [-0.05, 0) is 56.0 Å². The Hall–Kier alpha value is -1.48. The highest BCUT2D eigenvalue weighted by molar-refractivity contribution is 5.87. The summed E-state index contributed by atoms with van der Waals surface area (Å²) in [6.07, 6.45) is 2.20. The van der Waals surface area contributed by atoms with Crippen LogP contribution in [0.1, 0.15) is 51.8 Å². The molecule has 2 aromatic rings. The monoisotopic (exact) mass is 316 g/mol. The van der Waals surface area contributed by atoms with E-state index in [4.69, 9.17) is 4.74 Å². The van der Waals surface area contributed by atoms with E-state index in [0.717, 1.165) is 44.8 Å². The second-order valence-corrected chi connectivity index (χ2v) is 6.77. The maximum Gasteiger partial charge on any atom is 0.120 e. The Bertz CT molecular complexity index is 628. The van der Waals surface area contributed by atoms with Crippen LogP contribution in [0.3, 0.4) is 0 Å². The Kier molecular flexibility index (Phi) is 6.52. The van der Waals surface area contributed by atoms with Gasteiger partial charge in [0.1, 0.15) is 5.75 Å². The van der Waals surface area contributed by atoms with E-state index >= 15 is 0 Å². The van der Waals surface area contributed by atoms with Crippen LogP contribution < -0.4 is 10.1 Å². The maximum absolute atomic E-state index is 5.84. The molecule has 3 nitrogen and oxygen atoms in total. The first-order valence-electron chi connectivity index (χ1n) is 9.03. The predicted molar refractivity (Wildman–Crippen MR) is 99.3 cm³/mol. The van der Waals surface area contributed by atoms with E-state index in [1.165, 1.54) is 22.2 Å². The lowest BCUT2D eigenvalue weighted by Gasteiger charge is -2.12. The van der Waals surface area contributed by atoms with Crippen molar-refractivity contribution in [3.05, 3.63) is 29.5 Å². The molecule has 0 saturated heterocycles. The van der Waals surface area contributed by atoms with Crippen LogP contribution in [0.2, 0.25) is 0 Å². The lowest BCUT2D eigenvalue weighted by Crippen LogP contribution is -2.15. The number of rotatable bonds is 9. The normalized spacial score (nSPS) is 11.6. The molecule has 2 rings (SSSR count). The van der Waals surface area contributed by atoms with Crippen LogP contribution in [0, 0.1) is 12.8 Å². The highest BCUT2D eigenvalue weighted by Gasteiger charge is 2.15. The molecule has 1 N–H and O–H groups in total. The Morgan fingerprint density at radius 3 is 2.61 bits per heavy atom. The van der Waals surface area contributed by atoms with Gasteiger partial charge in [-0.1, -0.05) is 27.7 Å². The van der Waals surface area contributed by atoms with E-state index in [9.17, 15) is 0 Å². The van der Waals surface area contributed by atoms with Crippen molar-refractivity contribution in [2.75, 3.05) is 13.2 Å². The predicted octanol–water partition coefficient (Wildman–Crippen LogP) is 4.89. The van der Waals surface area contributed by atoms with Gasteiger partial charge < -0.3 is 14.6 Å². The number of hydrogen-bond donors (Lipinski definition) is 1. The molecule has 0 spiro atoms. The van der Waals surface area contributed by atoms with Crippen molar-refractivity contribution in [2.45, 2.75) is 60.5 Å². The molecule has 3 heteroatoms. The van der Waals surface area contributed by atoms with Crippen LogP contribution in [-0.4, -0.2) is 17.7 Å². The van der Waals surface area contributed by atoms with Crippen LogP contribution >= 0.6 is 0 Å². The molecule has 0 saturated carbocycles. The molecule has 1 aromatic heterocycles. The molecule has 0 atom stereocenters. The molecule has 0 fully saturated rings. The summed E-state index contributed by atoms with van der Waals surface area (Å²) in [4.78, 5) is 0. The summed E-state index contributed by atoms with van der Waals surface area (Å²) in [5.41, 5.74) is 4.12. The summed E-state index contributed by atoms with van der Waals surface area (Å²) in [7, 11) is 0. The topological polar surface area (TPSA) is 26.2 Å². The van der Waals surface area contributed by atoms with E-state index in [1.54, 1.807) is 0 Å². The van der Waals surface area contributed by atoms with Crippen LogP contribution in [0.5, 0.6) is 5.75 Å². The highest BCUT2D eigenvalue weighted by Crippen LogP contribution is 2.30. The lowest BCUT2D eigenvalue weighted by molar-refractivity contribution is 0.318. The minimum Gasteiger partial charge on any atom is -0.494 e. The van der Waals surface area contributed by atoms with Gasteiger partial charge in [0, 0.05) is 29.7 Å². The third-order valence-electron chi connectivity index (χ3n) is 4.17. The van der Waals surface area contributed by atoms with E-state index < -0.39 is 0 Å². The quantitative estimate of drug-likeness (QED) is 0.666. The smallest absolute Gasteiger partial charge is 0.120 e. The van der Waals surface area contributed by atoms with Crippen molar-refractivity contribution >= 4 is 10.9 Å². The molecule has 1 heterocycles. The first kappa shape index (κ1) is 17.9. The molecule has 23 heavy (non-hydrogen) atoms. The van der Waals surface area contributed by atoms with E-state index in [0.29, 0.717) is 5.92 Å². The minimum absolute atomic E-state index is 0.636. The third kappa shape index (κ3) is 4.29. The van der Waals surface area contributed by atoms with Crippen LogP contribution in [0.25, 0.3) is 10.9 Å². The standard InChI is InChI=1S/C20H32N2O/c1-6-10-21-13-19-16(5)22(14-15(3)4)20-9-8-17(12-18(19)20)23-11-7-2/h8-9,12,15,21H,6-7,10-11,13-14H2,1-5H3. The molecule has 0 radical (unpaired) electrons. The van der Waals surface area contributed by atoms with Gasteiger partial charge >= 0.3 is 0 Å². The van der Waals surface area contributed by atoms with Gasteiger partial charge in [-0.3, -0.25) is 0 Å². The summed E-state index contributed by atoms with van der Waals surface area (Å²) in [6.45, 7) is 15.0. The maximum atomic E-state index is 5.84. The summed E-state index contributed by atoms with van der Waals surface area (Å²) in [5, 5.41) is 4.89. The highest BCUT2D eigenvalue weighted by atomic mass is 16.5. The first-order valence-corrected chi connectivity index (χ1v) is 9.03. The first-order chi connectivity index (χ1) is 11.1. The number of hydrogen-bond acceptors (Lipinski definition) is 2. The largest absolute Gasteiger partial charge is 0.494 e. The Labute approximate surface area is 141 Å². The number of nitrogens with one attached hydrogen (secondary N) is 1. The molecule has 0 aliphatic carbocycles. The summed E-state index contributed by atoms with van der Waals surface area (Å²) < 4.78 is 8.31. The van der Waals surface area contributed by atoms with Gasteiger partial charge in [0.15, 0.2) is 0 Å².